The third-order valence-corrected chi connectivity index (χ3v) is 9.16. The van der Waals surface area contributed by atoms with Gasteiger partial charge < -0.3 is 5.32 Å². The first-order valence-corrected chi connectivity index (χ1v) is 13.9. The fourth-order valence-electron chi connectivity index (χ4n) is 5.01. The zero-order valence-electron chi connectivity index (χ0n) is 21.0. The van der Waals surface area contributed by atoms with Gasteiger partial charge in [0.05, 0.1) is 6.54 Å². The molecule has 0 atom stereocenters. The quantitative estimate of drug-likeness (QED) is 0.613. The van der Waals surface area contributed by atoms with Crippen LogP contribution in [0.3, 0.4) is 0 Å². The number of hydrogen-bond acceptors (Lipinski definition) is 4. The number of para-hydroxylation sites is 1. The van der Waals surface area contributed by atoms with E-state index in [4.69, 9.17) is 0 Å². The van der Waals surface area contributed by atoms with Crippen LogP contribution in [-0.4, -0.2) is 73.6 Å². The van der Waals surface area contributed by atoms with E-state index in [1.165, 1.54) is 6.42 Å². The Labute approximate surface area is 200 Å². The summed E-state index contributed by atoms with van der Waals surface area (Å²) in [5, 5.41) is 3.17. The van der Waals surface area contributed by atoms with Crippen molar-refractivity contribution in [3.8, 4) is 0 Å². The number of hydrogen-bond donors (Lipinski definition) is 1. The Morgan fingerprint density at radius 3 is 2.06 bits per heavy atom. The van der Waals surface area contributed by atoms with Crippen LogP contribution in [0.25, 0.3) is 0 Å². The number of carbonyl (C=O) groups excluding carboxylic acids is 1. The molecule has 1 saturated carbocycles. The van der Waals surface area contributed by atoms with Gasteiger partial charge in [0, 0.05) is 45.0 Å². The van der Waals surface area contributed by atoms with E-state index < -0.39 is 10.2 Å². The third-order valence-electron chi connectivity index (χ3n) is 7.11. The second kappa shape index (κ2) is 11.3. The lowest BCUT2D eigenvalue weighted by molar-refractivity contribution is -0.117. The summed E-state index contributed by atoms with van der Waals surface area (Å²) in [6, 6.07) is 6.34. The summed E-state index contributed by atoms with van der Waals surface area (Å²) in [5.74, 6) is 0.587. The smallest absolute Gasteiger partial charge is 0.282 e. The molecule has 0 bridgehead atoms. The zero-order chi connectivity index (χ0) is 24.2. The molecule has 0 unspecified atom stereocenters. The molecule has 8 heteroatoms. The van der Waals surface area contributed by atoms with Crippen LogP contribution in [0.5, 0.6) is 0 Å². The van der Waals surface area contributed by atoms with Crippen LogP contribution >= 0.6 is 0 Å². The standard InChI is InChI=1S/C25H42N4O3S/c1-19(2)22-12-9-13-23(20(3)4)25(22)26-24(30)18-28-14-16-29(17-15-28)33(31,32)27(5)21-10-7-6-8-11-21/h9,12-13,19-21H,6-8,10-11,14-18H2,1-5H3,(H,26,30). The lowest BCUT2D eigenvalue weighted by atomic mass is 9.92. The average molecular weight is 479 g/mol. The van der Waals surface area contributed by atoms with Gasteiger partial charge in [-0.25, -0.2) is 0 Å². The van der Waals surface area contributed by atoms with Gasteiger partial charge in [0.15, 0.2) is 0 Å². The minimum atomic E-state index is -3.45. The molecule has 186 valence electrons. The molecule has 1 heterocycles. The summed E-state index contributed by atoms with van der Waals surface area (Å²) >= 11 is 0. The maximum Gasteiger partial charge on any atom is 0.282 e. The Kier molecular flexibility index (Phi) is 8.95. The SMILES string of the molecule is CC(C)c1cccc(C(C)C)c1NC(=O)CN1CCN(S(=O)(=O)N(C)C2CCCCC2)CC1. The van der Waals surface area contributed by atoms with Gasteiger partial charge in [0.2, 0.25) is 5.91 Å². The van der Waals surface area contributed by atoms with Crippen molar-refractivity contribution >= 4 is 21.8 Å². The minimum absolute atomic E-state index is 0.0411. The van der Waals surface area contributed by atoms with E-state index in [2.05, 4.69) is 56.1 Å². The Balaban J connectivity index is 1.58. The molecule has 0 spiro atoms. The lowest BCUT2D eigenvalue weighted by Crippen LogP contribution is -2.55. The fraction of sp³-hybridized carbons (Fsp3) is 0.720. The van der Waals surface area contributed by atoms with Crippen LogP contribution in [0.2, 0.25) is 0 Å². The van der Waals surface area contributed by atoms with E-state index in [-0.39, 0.29) is 18.5 Å². The fourth-order valence-corrected chi connectivity index (χ4v) is 6.59. The monoisotopic (exact) mass is 478 g/mol. The van der Waals surface area contributed by atoms with E-state index in [0.29, 0.717) is 38.0 Å². The third kappa shape index (κ3) is 6.35. The first kappa shape index (κ1) is 26.1. The second-order valence-corrected chi connectivity index (χ2v) is 12.1. The van der Waals surface area contributed by atoms with Crippen LogP contribution in [-0.2, 0) is 15.0 Å². The normalized spacial score (nSPS) is 19.5. The molecule has 33 heavy (non-hydrogen) atoms. The number of anilines is 1. The van der Waals surface area contributed by atoms with Gasteiger partial charge in [0.1, 0.15) is 0 Å². The van der Waals surface area contributed by atoms with E-state index in [1.54, 1.807) is 15.7 Å². The van der Waals surface area contributed by atoms with E-state index in [1.807, 2.05) is 0 Å². The Morgan fingerprint density at radius 1 is 1.00 bits per heavy atom. The zero-order valence-corrected chi connectivity index (χ0v) is 21.8. The molecule has 0 radical (unpaired) electrons. The van der Waals surface area contributed by atoms with Gasteiger partial charge in [-0.1, -0.05) is 65.2 Å². The summed E-state index contributed by atoms with van der Waals surface area (Å²) in [6.45, 7) is 10.8. The van der Waals surface area contributed by atoms with Crippen molar-refractivity contribution in [2.24, 2.45) is 0 Å². The van der Waals surface area contributed by atoms with Crippen molar-refractivity contribution < 1.29 is 13.2 Å². The van der Waals surface area contributed by atoms with Crippen molar-refractivity contribution in [3.63, 3.8) is 0 Å². The van der Waals surface area contributed by atoms with Gasteiger partial charge in [-0.15, -0.1) is 0 Å². The molecule has 2 fully saturated rings. The van der Waals surface area contributed by atoms with Crippen LogP contribution in [0.15, 0.2) is 18.2 Å². The maximum atomic E-state index is 13.1. The van der Waals surface area contributed by atoms with Crippen LogP contribution in [0, 0.1) is 0 Å². The van der Waals surface area contributed by atoms with Gasteiger partial charge in [0.25, 0.3) is 10.2 Å². The molecule has 1 aliphatic carbocycles. The van der Waals surface area contributed by atoms with Gasteiger partial charge in [-0.2, -0.15) is 17.0 Å². The Bertz CT molecular complexity index is 876. The summed E-state index contributed by atoms with van der Waals surface area (Å²) in [7, 11) is -1.73. The minimum Gasteiger partial charge on any atom is -0.324 e. The summed E-state index contributed by atoms with van der Waals surface area (Å²) in [5.41, 5.74) is 3.23. The maximum absolute atomic E-state index is 13.1. The van der Waals surface area contributed by atoms with Crippen molar-refractivity contribution in [2.45, 2.75) is 77.7 Å². The number of carbonyl (C=O) groups is 1. The topological polar surface area (TPSA) is 73.0 Å². The lowest BCUT2D eigenvalue weighted by Gasteiger charge is -2.38. The Hall–Kier alpha value is -1.48. The molecule has 1 N–H and O–H groups in total. The molecule has 2 aliphatic rings. The summed E-state index contributed by atoms with van der Waals surface area (Å²) in [6.07, 6.45) is 5.31. The summed E-state index contributed by atoms with van der Waals surface area (Å²) in [4.78, 5) is 15.0. The summed E-state index contributed by atoms with van der Waals surface area (Å²) < 4.78 is 29.4. The molecule has 7 nitrogen and oxygen atoms in total. The van der Waals surface area contributed by atoms with E-state index in [9.17, 15) is 13.2 Å². The molecular weight excluding hydrogens is 436 g/mol. The molecule has 1 amide bonds. The van der Waals surface area contributed by atoms with Gasteiger partial charge >= 0.3 is 0 Å². The highest BCUT2D eigenvalue weighted by atomic mass is 32.2. The first-order chi connectivity index (χ1) is 15.6. The number of benzene rings is 1. The van der Waals surface area contributed by atoms with Crippen LogP contribution in [0.1, 0.15) is 82.8 Å². The van der Waals surface area contributed by atoms with Gasteiger partial charge in [-0.3, -0.25) is 9.69 Å². The molecule has 3 rings (SSSR count). The number of rotatable bonds is 8. The Morgan fingerprint density at radius 2 is 1.55 bits per heavy atom. The molecular formula is C25H42N4O3S. The van der Waals surface area contributed by atoms with Gasteiger partial charge in [-0.05, 0) is 35.8 Å². The van der Waals surface area contributed by atoms with Crippen molar-refractivity contribution in [2.75, 3.05) is 45.1 Å². The number of amides is 1. The van der Waals surface area contributed by atoms with Crippen molar-refractivity contribution in [1.29, 1.82) is 0 Å². The molecule has 1 aromatic rings. The number of nitrogens with one attached hydrogen (secondary N) is 1. The van der Waals surface area contributed by atoms with E-state index in [0.717, 1.165) is 42.5 Å². The first-order valence-electron chi connectivity index (χ1n) is 12.5. The molecule has 0 aromatic heterocycles. The molecule has 1 aliphatic heterocycles. The van der Waals surface area contributed by atoms with E-state index >= 15 is 0 Å². The number of piperazine rings is 1. The highest BCUT2D eigenvalue weighted by Gasteiger charge is 2.34. The largest absolute Gasteiger partial charge is 0.324 e. The number of nitrogens with zero attached hydrogens (tertiary/aromatic N) is 3. The average Bonchev–Trinajstić information content (AvgIpc) is 2.79. The van der Waals surface area contributed by atoms with Crippen LogP contribution < -0.4 is 5.32 Å². The second-order valence-electron chi connectivity index (χ2n) is 10.2. The molecule has 1 aromatic carbocycles. The predicted molar refractivity (Wildman–Crippen MR) is 135 cm³/mol. The van der Waals surface area contributed by atoms with Crippen molar-refractivity contribution in [1.82, 2.24) is 13.5 Å². The highest BCUT2D eigenvalue weighted by molar-refractivity contribution is 7.86. The predicted octanol–water partition coefficient (Wildman–Crippen LogP) is 4.00. The van der Waals surface area contributed by atoms with Crippen molar-refractivity contribution in [3.05, 3.63) is 29.3 Å². The van der Waals surface area contributed by atoms with Crippen LogP contribution in [0.4, 0.5) is 5.69 Å². The highest BCUT2D eigenvalue weighted by Crippen LogP contribution is 2.32. The molecule has 1 saturated heterocycles.